The molecule has 0 saturated heterocycles. The molecule has 152 valence electrons. The number of carbonyl (C=O) groups excluding carboxylic acids is 2. The number of rotatable bonds is 6. The molecule has 29 heavy (non-hydrogen) atoms. The summed E-state index contributed by atoms with van der Waals surface area (Å²) in [6.45, 7) is 5.96. The van der Waals surface area contributed by atoms with E-state index in [0.29, 0.717) is 17.9 Å². The molecule has 2 aromatic heterocycles. The number of hydrogen-bond acceptors (Lipinski definition) is 5. The van der Waals surface area contributed by atoms with Crippen molar-refractivity contribution in [1.82, 2.24) is 20.0 Å². The second-order valence-electron chi connectivity index (χ2n) is 7.75. The van der Waals surface area contributed by atoms with Crippen molar-refractivity contribution in [1.29, 1.82) is 0 Å². The van der Waals surface area contributed by atoms with Crippen LogP contribution in [0.2, 0.25) is 0 Å². The predicted octanol–water partition coefficient (Wildman–Crippen LogP) is 2.24. The highest BCUT2D eigenvalue weighted by atomic mass is 32.1. The van der Waals surface area contributed by atoms with Gasteiger partial charge in [-0.25, -0.2) is 4.98 Å². The van der Waals surface area contributed by atoms with Crippen molar-refractivity contribution in [2.24, 2.45) is 5.41 Å². The summed E-state index contributed by atoms with van der Waals surface area (Å²) < 4.78 is 1.42. The largest absolute Gasteiger partial charge is 0.354 e. The highest BCUT2D eigenvalue weighted by Gasteiger charge is 2.20. The minimum atomic E-state index is -0.502. The van der Waals surface area contributed by atoms with Crippen LogP contribution < -0.4 is 16.2 Å². The normalized spacial score (nSPS) is 11.4. The molecule has 0 bridgehead atoms. The molecule has 7 nitrogen and oxygen atoms in total. The van der Waals surface area contributed by atoms with Crippen molar-refractivity contribution in [2.75, 3.05) is 13.1 Å². The average Bonchev–Trinajstić information content (AvgIpc) is 3.08. The second kappa shape index (κ2) is 8.57. The maximum atomic E-state index is 12.7. The molecule has 0 unspecified atom stereocenters. The van der Waals surface area contributed by atoms with Gasteiger partial charge in [-0.05, 0) is 5.56 Å². The van der Waals surface area contributed by atoms with Crippen LogP contribution in [-0.4, -0.2) is 34.3 Å². The molecule has 1 aromatic carbocycles. The first kappa shape index (κ1) is 20.7. The van der Waals surface area contributed by atoms with Crippen LogP contribution in [0.15, 0.2) is 47.5 Å². The Labute approximate surface area is 172 Å². The van der Waals surface area contributed by atoms with E-state index in [1.165, 1.54) is 21.9 Å². The van der Waals surface area contributed by atoms with Gasteiger partial charge in [-0.2, -0.15) is 0 Å². The summed E-state index contributed by atoms with van der Waals surface area (Å²) in [5, 5.41) is 5.40. The van der Waals surface area contributed by atoms with Gasteiger partial charge in [0.05, 0.1) is 0 Å². The lowest BCUT2D eigenvalue weighted by atomic mass is 9.96. The van der Waals surface area contributed by atoms with Crippen LogP contribution >= 0.6 is 11.3 Å². The van der Waals surface area contributed by atoms with E-state index >= 15 is 0 Å². The summed E-state index contributed by atoms with van der Waals surface area (Å²) in [5.74, 6) is -0.600. The number of fused-ring (bicyclic) bond motifs is 1. The van der Waals surface area contributed by atoms with Crippen molar-refractivity contribution >= 4 is 28.1 Å². The first-order valence-corrected chi connectivity index (χ1v) is 10.2. The Morgan fingerprint density at radius 2 is 1.79 bits per heavy atom. The van der Waals surface area contributed by atoms with Gasteiger partial charge >= 0.3 is 0 Å². The molecule has 3 aromatic rings. The van der Waals surface area contributed by atoms with Crippen molar-refractivity contribution in [3.63, 3.8) is 0 Å². The van der Waals surface area contributed by atoms with Crippen molar-refractivity contribution < 1.29 is 9.59 Å². The molecule has 0 fully saturated rings. The standard InChI is InChI=1S/C21H24N4O3S/c1-21(2,3)19(28)23-10-9-22-17(26)16-12-24-20-25(18(16)27)13-15(29-20)11-14-7-5-4-6-8-14/h4-8,12-13H,9-11H2,1-3H3,(H,22,26)(H,23,28). The lowest BCUT2D eigenvalue weighted by Gasteiger charge is -2.17. The molecular formula is C21H24N4O3S. The number of nitrogens with one attached hydrogen (secondary N) is 2. The maximum absolute atomic E-state index is 12.7. The number of hydrogen-bond donors (Lipinski definition) is 2. The summed E-state index contributed by atoms with van der Waals surface area (Å²) in [5.41, 5.74) is 0.228. The molecule has 0 atom stereocenters. The zero-order chi connectivity index (χ0) is 21.0. The Kier molecular flexibility index (Phi) is 6.12. The van der Waals surface area contributed by atoms with Crippen LogP contribution in [0.5, 0.6) is 0 Å². The summed E-state index contributed by atoms with van der Waals surface area (Å²) in [6, 6.07) is 9.95. The van der Waals surface area contributed by atoms with E-state index in [-0.39, 0.29) is 18.0 Å². The lowest BCUT2D eigenvalue weighted by molar-refractivity contribution is -0.128. The van der Waals surface area contributed by atoms with Gasteiger partial charge in [-0.15, -0.1) is 11.3 Å². The summed E-state index contributed by atoms with van der Waals surface area (Å²) >= 11 is 1.43. The Balaban J connectivity index is 1.67. The van der Waals surface area contributed by atoms with Gasteiger partial charge in [0.25, 0.3) is 11.5 Å². The number of nitrogens with zero attached hydrogens (tertiary/aromatic N) is 2. The molecular weight excluding hydrogens is 388 g/mol. The van der Waals surface area contributed by atoms with Crippen molar-refractivity contribution in [2.45, 2.75) is 27.2 Å². The summed E-state index contributed by atoms with van der Waals surface area (Å²) in [6.07, 6.45) is 3.75. The predicted molar refractivity (Wildman–Crippen MR) is 113 cm³/mol. The molecule has 8 heteroatoms. The average molecular weight is 413 g/mol. The van der Waals surface area contributed by atoms with Crippen molar-refractivity contribution in [3.05, 3.63) is 69.1 Å². The van der Waals surface area contributed by atoms with Gasteiger partial charge in [0.1, 0.15) is 5.56 Å². The lowest BCUT2D eigenvalue weighted by Crippen LogP contribution is -2.40. The first-order valence-electron chi connectivity index (χ1n) is 9.36. The first-order chi connectivity index (χ1) is 13.8. The van der Waals surface area contributed by atoms with Crippen LogP contribution in [0, 0.1) is 5.41 Å². The van der Waals surface area contributed by atoms with E-state index < -0.39 is 16.9 Å². The molecule has 0 radical (unpaired) electrons. The van der Waals surface area contributed by atoms with Gasteiger partial charge in [-0.1, -0.05) is 51.1 Å². The van der Waals surface area contributed by atoms with Gasteiger partial charge in [0.2, 0.25) is 5.91 Å². The highest BCUT2D eigenvalue weighted by Crippen LogP contribution is 2.18. The fourth-order valence-corrected chi connectivity index (χ4v) is 3.65. The van der Waals surface area contributed by atoms with Crippen LogP contribution in [0.3, 0.4) is 0 Å². The van der Waals surface area contributed by atoms with E-state index in [1.807, 2.05) is 51.1 Å². The van der Waals surface area contributed by atoms with E-state index in [4.69, 9.17) is 0 Å². The molecule has 0 aliphatic rings. The van der Waals surface area contributed by atoms with E-state index in [0.717, 1.165) is 10.4 Å². The number of thiazole rings is 1. The zero-order valence-corrected chi connectivity index (χ0v) is 17.5. The van der Waals surface area contributed by atoms with Crippen LogP contribution in [0.4, 0.5) is 0 Å². The number of carbonyl (C=O) groups is 2. The maximum Gasteiger partial charge on any atom is 0.271 e. The number of benzene rings is 1. The third-order valence-electron chi connectivity index (χ3n) is 4.30. The molecule has 2 N–H and O–H groups in total. The van der Waals surface area contributed by atoms with Crippen LogP contribution in [0.1, 0.15) is 41.6 Å². The van der Waals surface area contributed by atoms with E-state index in [2.05, 4.69) is 15.6 Å². The molecule has 3 rings (SSSR count). The van der Waals surface area contributed by atoms with Gasteiger partial charge in [0, 0.05) is 42.2 Å². The zero-order valence-electron chi connectivity index (χ0n) is 16.7. The molecule has 0 aliphatic heterocycles. The topological polar surface area (TPSA) is 92.6 Å². The molecule has 0 saturated carbocycles. The fraction of sp³-hybridized carbons (Fsp3) is 0.333. The SMILES string of the molecule is CC(C)(C)C(=O)NCCNC(=O)c1cnc2sc(Cc3ccccc3)cn2c1=O. The molecule has 2 amide bonds. The van der Waals surface area contributed by atoms with E-state index in [9.17, 15) is 14.4 Å². The van der Waals surface area contributed by atoms with Gasteiger partial charge in [-0.3, -0.25) is 18.8 Å². The quantitative estimate of drug-likeness (QED) is 0.608. The third kappa shape index (κ3) is 5.08. The number of aromatic nitrogens is 2. The fourth-order valence-electron chi connectivity index (χ4n) is 2.68. The van der Waals surface area contributed by atoms with E-state index in [1.54, 1.807) is 6.20 Å². The van der Waals surface area contributed by atoms with Crippen LogP contribution in [-0.2, 0) is 11.2 Å². The number of amides is 2. The minimum absolute atomic E-state index is 0.0197. The highest BCUT2D eigenvalue weighted by molar-refractivity contribution is 7.17. The van der Waals surface area contributed by atoms with Gasteiger partial charge < -0.3 is 10.6 Å². The van der Waals surface area contributed by atoms with Gasteiger partial charge in [0.15, 0.2) is 4.96 Å². The van der Waals surface area contributed by atoms with Crippen LogP contribution in [0.25, 0.3) is 4.96 Å². The Bertz CT molecular complexity index is 1080. The Morgan fingerprint density at radius 1 is 1.10 bits per heavy atom. The molecule has 2 heterocycles. The van der Waals surface area contributed by atoms with Crippen molar-refractivity contribution in [3.8, 4) is 0 Å². The Morgan fingerprint density at radius 3 is 2.48 bits per heavy atom. The molecule has 0 aliphatic carbocycles. The third-order valence-corrected chi connectivity index (χ3v) is 5.29. The summed E-state index contributed by atoms with van der Waals surface area (Å²) in [4.78, 5) is 42.7. The monoisotopic (exact) mass is 412 g/mol. The Hall–Kier alpha value is -3.00. The summed E-state index contributed by atoms with van der Waals surface area (Å²) in [7, 11) is 0. The minimum Gasteiger partial charge on any atom is -0.354 e. The second-order valence-corrected chi connectivity index (χ2v) is 8.84. The molecule has 0 spiro atoms. The smallest absolute Gasteiger partial charge is 0.271 e.